The summed E-state index contributed by atoms with van der Waals surface area (Å²) >= 11 is 0. The third-order valence-electron chi connectivity index (χ3n) is 3.98. The van der Waals surface area contributed by atoms with Gasteiger partial charge >= 0.3 is 6.03 Å². The van der Waals surface area contributed by atoms with Gasteiger partial charge in [-0.3, -0.25) is 4.79 Å². The molecule has 0 aliphatic heterocycles. The second-order valence-electron chi connectivity index (χ2n) is 5.95. The average molecular weight is 376 g/mol. The number of carbonyl (C=O) groups excluding carboxylic acids is 2. The summed E-state index contributed by atoms with van der Waals surface area (Å²) in [5.41, 5.74) is 2.98. The van der Waals surface area contributed by atoms with Gasteiger partial charge in [-0.25, -0.2) is 4.79 Å². The van der Waals surface area contributed by atoms with Crippen LogP contribution in [0.2, 0.25) is 0 Å². The standard InChI is InChI=1S/C19H16N6O3/c26-18(12-3-8-16-17(10-12)24-25-23-16)21-13-4-6-14(7-5-13)22-19(27)20-11-15-2-1-9-28-15/h1-10H,11H2,(H,21,26)(H2,20,22,27)(H,23,24,25). The first-order chi connectivity index (χ1) is 13.7. The van der Waals surface area contributed by atoms with Crippen LogP contribution in [-0.2, 0) is 6.54 Å². The number of aromatic nitrogens is 3. The Morgan fingerprint density at radius 1 is 0.929 bits per heavy atom. The molecular weight excluding hydrogens is 360 g/mol. The van der Waals surface area contributed by atoms with E-state index in [1.54, 1.807) is 60.9 Å². The maximum Gasteiger partial charge on any atom is 0.319 e. The van der Waals surface area contributed by atoms with Crippen molar-refractivity contribution in [1.29, 1.82) is 0 Å². The van der Waals surface area contributed by atoms with E-state index in [9.17, 15) is 9.59 Å². The molecule has 2 aromatic heterocycles. The minimum absolute atomic E-state index is 0.262. The molecule has 4 rings (SSSR count). The van der Waals surface area contributed by atoms with Gasteiger partial charge in [0.1, 0.15) is 16.8 Å². The number of fused-ring (bicyclic) bond motifs is 1. The Balaban J connectivity index is 1.33. The molecule has 9 heteroatoms. The number of urea groups is 1. The summed E-state index contributed by atoms with van der Waals surface area (Å²) in [5, 5.41) is 18.6. The number of aromatic amines is 1. The first kappa shape index (κ1) is 17.3. The number of furan rings is 1. The SMILES string of the molecule is O=C(NCc1ccco1)Nc1ccc(NC(=O)c2ccc3n[nH]nc3c2)cc1. The van der Waals surface area contributed by atoms with Crippen LogP contribution >= 0.6 is 0 Å². The van der Waals surface area contributed by atoms with Gasteiger partial charge in [0, 0.05) is 16.9 Å². The number of benzene rings is 2. The molecule has 0 aliphatic carbocycles. The molecule has 0 aliphatic rings. The van der Waals surface area contributed by atoms with Gasteiger partial charge in [0.15, 0.2) is 0 Å². The molecule has 2 aromatic carbocycles. The molecule has 0 saturated heterocycles. The van der Waals surface area contributed by atoms with E-state index in [1.807, 2.05) is 0 Å². The molecule has 0 bridgehead atoms. The number of H-pyrrole nitrogens is 1. The molecule has 0 radical (unpaired) electrons. The van der Waals surface area contributed by atoms with Crippen LogP contribution in [0.25, 0.3) is 11.0 Å². The topological polar surface area (TPSA) is 125 Å². The smallest absolute Gasteiger partial charge is 0.319 e. The number of hydrogen-bond donors (Lipinski definition) is 4. The minimum atomic E-state index is -0.353. The third-order valence-corrected chi connectivity index (χ3v) is 3.98. The van der Waals surface area contributed by atoms with Crippen molar-refractivity contribution < 1.29 is 14.0 Å². The van der Waals surface area contributed by atoms with E-state index >= 15 is 0 Å². The minimum Gasteiger partial charge on any atom is -0.467 e. The number of amides is 3. The van der Waals surface area contributed by atoms with Gasteiger partial charge in [-0.2, -0.15) is 15.4 Å². The molecule has 4 aromatic rings. The highest BCUT2D eigenvalue weighted by molar-refractivity contribution is 6.06. The summed E-state index contributed by atoms with van der Waals surface area (Å²) in [7, 11) is 0. The number of nitrogens with one attached hydrogen (secondary N) is 4. The number of nitrogens with zero attached hydrogens (tertiary/aromatic N) is 2. The van der Waals surface area contributed by atoms with Gasteiger partial charge < -0.3 is 20.4 Å². The quantitative estimate of drug-likeness (QED) is 0.426. The van der Waals surface area contributed by atoms with Gasteiger partial charge in [-0.15, -0.1) is 0 Å². The Morgan fingerprint density at radius 2 is 1.68 bits per heavy atom. The van der Waals surface area contributed by atoms with Crippen molar-refractivity contribution in [2.75, 3.05) is 10.6 Å². The second kappa shape index (κ2) is 7.62. The van der Waals surface area contributed by atoms with Crippen LogP contribution in [0.4, 0.5) is 16.2 Å². The lowest BCUT2D eigenvalue weighted by atomic mass is 10.2. The monoisotopic (exact) mass is 376 g/mol. The molecule has 0 unspecified atom stereocenters. The van der Waals surface area contributed by atoms with E-state index < -0.39 is 0 Å². The molecule has 0 saturated carbocycles. The fourth-order valence-corrected chi connectivity index (χ4v) is 2.58. The van der Waals surface area contributed by atoms with Gasteiger partial charge in [0.25, 0.3) is 5.91 Å². The molecule has 0 spiro atoms. The Hall–Kier alpha value is -4.14. The summed E-state index contributed by atoms with van der Waals surface area (Å²) in [6, 6.07) is 15.0. The first-order valence-corrected chi connectivity index (χ1v) is 8.46. The number of rotatable bonds is 5. The highest BCUT2D eigenvalue weighted by atomic mass is 16.3. The van der Waals surface area contributed by atoms with E-state index in [1.165, 1.54) is 0 Å². The van der Waals surface area contributed by atoms with Crippen LogP contribution in [0.5, 0.6) is 0 Å². The molecule has 0 fully saturated rings. The average Bonchev–Trinajstić information content (AvgIpc) is 3.39. The summed E-state index contributed by atoms with van der Waals surface area (Å²) in [6.45, 7) is 0.294. The summed E-state index contributed by atoms with van der Waals surface area (Å²) in [6.07, 6.45) is 1.55. The molecule has 28 heavy (non-hydrogen) atoms. The zero-order valence-electron chi connectivity index (χ0n) is 14.6. The zero-order chi connectivity index (χ0) is 19.3. The van der Waals surface area contributed by atoms with E-state index in [4.69, 9.17) is 4.42 Å². The summed E-state index contributed by atoms with van der Waals surface area (Å²) in [4.78, 5) is 24.3. The molecule has 2 heterocycles. The highest BCUT2D eigenvalue weighted by Crippen LogP contribution is 2.16. The fraction of sp³-hybridized carbons (Fsp3) is 0.0526. The Labute approximate surface area is 159 Å². The molecular formula is C19H16N6O3. The lowest BCUT2D eigenvalue weighted by Gasteiger charge is -2.09. The predicted octanol–water partition coefficient (Wildman–Crippen LogP) is 3.12. The van der Waals surface area contributed by atoms with Crippen LogP contribution in [0.15, 0.2) is 65.3 Å². The van der Waals surface area contributed by atoms with Crippen molar-refractivity contribution in [2.45, 2.75) is 6.54 Å². The molecule has 4 N–H and O–H groups in total. The van der Waals surface area contributed by atoms with Crippen LogP contribution in [0.1, 0.15) is 16.1 Å². The number of carbonyl (C=O) groups is 2. The van der Waals surface area contributed by atoms with Crippen LogP contribution in [0, 0.1) is 0 Å². The maximum absolute atomic E-state index is 12.4. The Kier molecular flexibility index (Phi) is 4.70. The van der Waals surface area contributed by atoms with Crippen molar-refractivity contribution in [2.24, 2.45) is 0 Å². The van der Waals surface area contributed by atoms with Gasteiger partial charge in [0.05, 0.1) is 12.8 Å². The van der Waals surface area contributed by atoms with Crippen LogP contribution in [-0.4, -0.2) is 27.3 Å². The van der Waals surface area contributed by atoms with Crippen molar-refractivity contribution in [3.05, 3.63) is 72.2 Å². The van der Waals surface area contributed by atoms with E-state index in [-0.39, 0.29) is 11.9 Å². The first-order valence-electron chi connectivity index (χ1n) is 8.46. The summed E-state index contributed by atoms with van der Waals surface area (Å²) in [5.74, 6) is 0.402. The van der Waals surface area contributed by atoms with Crippen molar-refractivity contribution in [1.82, 2.24) is 20.7 Å². The molecule has 140 valence electrons. The predicted molar refractivity (Wildman–Crippen MR) is 103 cm³/mol. The van der Waals surface area contributed by atoms with E-state index in [0.717, 1.165) is 0 Å². The van der Waals surface area contributed by atoms with Crippen LogP contribution in [0.3, 0.4) is 0 Å². The third kappa shape index (κ3) is 3.98. The van der Waals surface area contributed by atoms with Crippen LogP contribution < -0.4 is 16.0 Å². The highest BCUT2D eigenvalue weighted by Gasteiger charge is 2.09. The number of hydrogen-bond acceptors (Lipinski definition) is 5. The van der Waals surface area contributed by atoms with Gasteiger partial charge in [-0.05, 0) is 54.6 Å². The van der Waals surface area contributed by atoms with E-state index in [2.05, 4.69) is 31.4 Å². The molecule has 9 nitrogen and oxygen atoms in total. The largest absolute Gasteiger partial charge is 0.467 e. The van der Waals surface area contributed by atoms with Gasteiger partial charge in [0.2, 0.25) is 0 Å². The summed E-state index contributed by atoms with van der Waals surface area (Å²) < 4.78 is 5.15. The van der Waals surface area contributed by atoms with Crippen molar-refractivity contribution in [3.63, 3.8) is 0 Å². The molecule has 3 amide bonds. The maximum atomic E-state index is 12.4. The Bertz CT molecular complexity index is 1100. The van der Waals surface area contributed by atoms with Gasteiger partial charge in [-0.1, -0.05) is 0 Å². The number of anilines is 2. The normalized spacial score (nSPS) is 10.6. The fourth-order valence-electron chi connectivity index (χ4n) is 2.58. The van der Waals surface area contributed by atoms with Crippen molar-refractivity contribution in [3.8, 4) is 0 Å². The molecule has 0 atom stereocenters. The Morgan fingerprint density at radius 3 is 2.43 bits per heavy atom. The lowest BCUT2D eigenvalue weighted by Crippen LogP contribution is -2.27. The second-order valence-corrected chi connectivity index (χ2v) is 5.95. The lowest BCUT2D eigenvalue weighted by molar-refractivity contribution is 0.102. The zero-order valence-corrected chi connectivity index (χ0v) is 14.6. The van der Waals surface area contributed by atoms with Crippen molar-refractivity contribution >= 4 is 34.3 Å². The van der Waals surface area contributed by atoms with E-state index in [0.29, 0.717) is 40.3 Å².